The molecule has 0 aromatic carbocycles. The van der Waals surface area contributed by atoms with E-state index in [-0.39, 0.29) is 6.42 Å². The summed E-state index contributed by atoms with van der Waals surface area (Å²) in [5.74, 6) is -0.786. The van der Waals surface area contributed by atoms with E-state index in [9.17, 15) is 15.0 Å². The summed E-state index contributed by atoms with van der Waals surface area (Å²) in [5, 5.41) is 28.1. The zero-order chi connectivity index (χ0) is 16.6. The van der Waals surface area contributed by atoms with E-state index in [2.05, 4.69) is 19.1 Å². The van der Waals surface area contributed by atoms with Crippen molar-refractivity contribution in [3.05, 3.63) is 24.3 Å². The van der Waals surface area contributed by atoms with E-state index in [4.69, 9.17) is 5.11 Å². The van der Waals surface area contributed by atoms with Gasteiger partial charge in [-0.05, 0) is 32.1 Å². The van der Waals surface area contributed by atoms with Gasteiger partial charge < -0.3 is 15.3 Å². The first-order valence-corrected chi connectivity index (χ1v) is 8.47. The highest BCUT2D eigenvalue weighted by Crippen LogP contribution is 2.09. The van der Waals surface area contributed by atoms with Gasteiger partial charge in [0.1, 0.15) is 0 Å². The van der Waals surface area contributed by atoms with Crippen LogP contribution in [0.1, 0.15) is 71.1 Å². The number of aliphatic hydroxyl groups is 2. The van der Waals surface area contributed by atoms with Gasteiger partial charge in [-0.3, -0.25) is 4.79 Å². The molecule has 128 valence electrons. The summed E-state index contributed by atoms with van der Waals surface area (Å²) in [6, 6.07) is 0. The maximum absolute atomic E-state index is 10.3. The van der Waals surface area contributed by atoms with Crippen molar-refractivity contribution in [2.75, 3.05) is 0 Å². The minimum atomic E-state index is -0.840. The molecule has 22 heavy (non-hydrogen) atoms. The van der Waals surface area contributed by atoms with Crippen molar-refractivity contribution >= 4 is 5.97 Å². The Kier molecular flexibility index (Phi) is 14.0. The smallest absolute Gasteiger partial charge is 0.303 e. The minimum Gasteiger partial charge on any atom is -0.481 e. The van der Waals surface area contributed by atoms with Gasteiger partial charge in [-0.25, -0.2) is 0 Å². The molecule has 2 unspecified atom stereocenters. The molecule has 0 heterocycles. The third kappa shape index (κ3) is 13.8. The lowest BCUT2D eigenvalue weighted by Gasteiger charge is -2.14. The van der Waals surface area contributed by atoms with Crippen LogP contribution in [0.15, 0.2) is 24.3 Å². The number of carboxylic acid groups (broad SMARTS) is 1. The van der Waals surface area contributed by atoms with Crippen molar-refractivity contribution < 1.29 is 20.1 Å². The van der Waals surface area contributed by atoms with Crippen LogP contribution in [0.2, 0.25) is 0 Å². The topological polar surface area (TPSA) is 77.8 Å². The molecule has 2 atom stereocenters. The lowest BCUT2D eigenvalue weighted by molar-refractivity contribution is -0.137. The Balaban J connectivity index is 3.65. The average molecular weight is 312 g/mol. The number of carbonyl (C=O) groups is 1. The molecule has 0 amide bonds. The molecular formula is C18H32O4. The van der Waals surface area contributed by atoms with E-state index >= 15 is 0 Å². The zero-order valence-electron chi connectivity index (χ0n) is 13.8. The number of allylic oxidation sites excluding steroid dienone is 3. The fourth-order valence-corrected chi connectivity index (χ4v) is 2.13. The predicted octanol–water partition coefficient (Wildman–Crippen LogP) is 3.83. The van der Waals surface area contributed by atoms with Crippen LogP contribution in [-0.4, -0.2) is 33.5 Å². The maximum atomic E-state index is 10.3. The quantitative estimate of drug-likeness (QED) is 0.336. The van der Waals surface area contributed by atoms with E-state index in [1.165, 1.54) is 19.3 Å². The van der Waals surface area contributed by atoms with Crippen molar-refractivity contribution in [1.82, 2.24) is 0 Å². The molecule has 0 aliphatic rings. The summed E-state index contributed by atoms with van der Waals surface area (Å²) >= 11 is 0. The SMILES string of the molecule is CCCCCC=CCC=CC(O)C(O)CCCCCC(=O)O. The van der Waals surface area contributed by atoms with Crippen LogP contribution in [-0.2, 0) is 4.79 Å². The van der Waals surface area contributed by atoms with E-state index in [0.29, 0.717) is 12.8 Å². The monoisotopic (exact) mass is 312 g/mol. The van der Waals surface area contributed by atoms with Crippen molar-refractivity contribution in [3.8, 4) is 0 Å². The van der Waals surface area contributed by atoms with Gasteiger partial charge in [0.05, 0.1) is 12.2 Å². The molecule has 0 aromatic heterocycles. The normalized spacial score (nSPS) is 14.7. The second-order valence-corrected chi connectivity index (χ2v) is 5.68. The highest BCUT2D eigenvalue weighted by molar-refractivity contribution is 5.66. The van der Waals surface area contributed by atoms with Gasteiger partial charge in [0, 0.05) is 6.42 Å². The second kappa shape index (κ2) is 14.8. The molecule has 4 heteroatoms. The Morgan fingerprint density at radius 3 is 2.45 bits per heavy atom. The molecule has 0 fully saturated rings. The first kappa shape index (κ1) is 20.9. The van der Waals surface area contributed by atoms with Crippen LogP contribution < -0.4 is 0 Å². The molecule has 0 aliphatic heterocycles. The van der Waals surface area contributed by atoms with Gasteiger partial charge in [0.15, 0.2) is 0 Å². The summed E-state index contributed by atoms with van der Waals surface area (Å²) in [6.07, 6.45) is 14.5. The first-order chi connectivity index (χ1) is 10.6. The molecule has 0 spiro atoms. The Morgan fingerprint density at radius 2 is 1.77 bits per heavy atom. The lowest BCUT2D eigenvalue weighted by atomic mass is 10.0. The molecule has 0 bridgehead atoms. The summed E-state index contributed by atoms with van der Waals surface area (Å²) < 4.78 is 0. The Morgan fingerprint density at radius 1 is 1.00 bits per heavy atom. The van der Waals surface area contributed by atoms with Crippen LogP contribution in [0, 0.1) is 0 Å². The van der Waals surface area contributed by atoms with Gasteiger partial charge in [-0.15, -0.1) is 0 Å². The van der Waals surface area contributed by atoms with E-state index in [0.717, 1.165) is 25.7 Å². The molecule has 0 rings (SSSR count). The number of hydrogen-bond acceptors (Lipinski definition) is 3. The summed E-state index contributed by atoms with van der Waals surface area (Å²) in [5.41, 5.74) is 0. The van der Waals surface area contributed by atoms with Gasteiger partial charge >= 0.3 is 5.97 Å². The highest BCUT2D eigenvalue weighted by atomic mass is 16.4. The number of unbranched alkanes of at least 4 members (excludes halogenated alkanes) is 5. The van der Waals surface area contributed by atoms with Crippen LogP contribution in [0.5, 0.6) is 0 Å². The van der Waals surface area contributed by atoms with Crippen molar-refractivity contribution in [2.24, 2.45) is 0 Å². The Labute approximate surface area is 134 Å². The number of hydrogen-bond donors (Lipinski definition) is 3. The molecule has 0 saturated carbocycles. The van der Waals surface area contributed by atoms with E-state index in [1.54, 1.807) is 6.08 Å². The lowest BCUT2D eigenvalue weighted by Crippen LogP contribution is -2.23. The third-order valence-corrected chi connectivity index (χ3v) is 3.53. The molecule has 0 saturated heterocycles. The predicted molar refractivity (Wildman–Crippen MR) is 89.8 cm³/mol. The third-order valence-electron chi connectivity index (χ3n) is 3.53. The molecule has 0 radical (unpaired) electrons. The molecule has 0 aromatic rings. The molecular weight excluding hydrogens is 280 g/mol. The van der Waals surface area contributed by atoms with Crippen LogP contribution in [0.25, 0.3) is 0 Å². The number of carboxylic acids is 1. The van der Waals surface area contributed by atoms with E-state index in [1.807, 2.05) is 6.08 Å². The van der Waals surface area contributed by atoms with Crippen LogP contribution in [0.4, 0.5) is 0 Å². The second-order valence-electron chi connectivity index (χ2n) is 5.68. The van der Waals surface area contributed by atoms with Gasteiger partial charge in [-0.1, -0.05) is 56.9 Å². The molecule has 4 nitrogen and oxygen atoms in total. The van der Waals surface area contributed by atoms with Crippen molar-refractivity contribution in [3.63, 3.8) is 0 Å². The minimum absolute atomic E-state index is 0.170. The van der Waals surface area contributed by atoms with Crippen LogP contribution in [0.3, 0.4) is 0 Å². The number of aliphatic carboxylic acids is 1. The maximum Gasteiger partial charge on any atom is 0.303 e. The number of aliphatic hydroxyl groups excluding tert-OH is 2. The zero-order valence-corrected chi connectivity index (χ0v) is 13.8. The number of rotatable bonds is 14. The van der Waals surface area contributed by atoms with Gasteiger partial charge in [-0.2, -0.15) is 0 Å². The summed E-state index contributed by atoms with van der Waals surface area (Å²) in [7, 11) is 0. The van der Waals surface area contributed by atoms with Crippen LogP contribution >= 0.6 is 0 Å². The fourth-order valence-electron chi connectivity index (χ4n) is 2.13. The highest BCUT2D eigenvalue weighted by Gasteiger charge is 2.12. The first-order valence-electron chi connectivity index (χ1n) is 8.47. The van der Waals surface area contributed by atoms with Gasteiger partial charge in [0.25, 0.3) is 0 Å². The van der Waals surface area contributed by atoms with E-state index < -0.39 is 18.2 Å². The summed E-state index contributed by atoms with van der Waals surface area (Å²) in [6.45, 7) is 2.19. The summed E-state index contributed by atoms with van der Waals surface area (Å²) in [4.78, 5) is 10.3. The van der Waals surface area contributed by atoms with Crippen molar-refractivity contribution in [2.45, 2.75) is 83.3 Å². The Hall–Kier alpha value is -1.13. The Bertz CT molecular complexity index is 323. The molecule has 0 aliphatic carbocycles. The molecule has 3 N–H and O–H groups in total. The van der Waals surface area contributed by atoms with Gasteiger partial charge in [0.2, 0.25) is 0 Å². The standard InChI is InChI=1S/C18H32O4/c1-2-3-4-5-6-7-8-10-13-16(19)17(20)14-11-9-12-15-18(21)22/h6-7,10,13,16-17,19-20H,2-5,8-9,11-12,14-15H2,1H3,(H,21,22). The van der Waals surface area contributed by atoms with Crippen molar-refractivity contribution in [1.29, 1.82) is 0 Å². The largest absolute Gasteiger partial charge is 0.481 e. The average Bonchev–Trinajstić information content (AvgIpc) is 2.48. The fraction of sp³-hybridized carbons (Fsp3) is 0.722.